The number of carboxylic acid groups (broad SMARTS) is 2. The molecule has 168 valence electrons. The van der Waals surface area contributed by atoms with Gasteiger partial charge in [-0.15, -0.1) is 0 Å². The summed E-state index contributed by atoms with van der Waals surface area (Å²) in [6, 6.07) is 14.8. The van der Waals surface area contributed by atoms with E-state index in [4.69, 9.17) is 24.5 Å². The topological polar surface area (TPSA) is 124 Å². The number of hydrogen-bond donors (Lipinski definition) is 2. The van der Waals surface area contributed by atoms with Crippen LogP contribution in [0.15, 0.2) is 57.9 Å². The number of sulfonamides is 1. The zero-order valence-electron chi connectivity index (χ0n) is 16.8. The molecule has 0 unspecified atom stereocenters. The third-order valence-corrected chi connectivity index (χ3v) is 6.97. The van der Waals surface area contributed by atoms with Crippen molar-refractivity contribution in [2.75, 3.05) is 33.3 Å². The molecule has 11 heteroatoms. The van der Waals surface area contributed by atoms with Crippen LogP contribution in [-0.2, 0) is 26.2 Å². The minimum Gasteiger partial charge on any atom is -0.497 e. The summed E-state index contributed by atoms with van der Waals surface area (Å²) in [5, 5.41) is 14.8. The molecule has 3 rings (SSSR count). The van der Waals surface area contributed by atoms with Crippen molar-refractivity contribution in [3.63, 3.8) is 0 Å². The Bertz CT molecular complexity index is 975. The van der Waals surface area contributed by atoms with Crippen LogP contribution < -0.4 is 4.74 Å². The second-order valence-corrected chi connectivity index (χ2v) is 9.45. The number of ether oxygens (including phenoxy) is 1. The number of benzene rings is 2. The Morgan fingerprint density at radius 2 is 1.45 bits per heavy atom. The third kappa shape index (κ3) is 7.31. The third-order valence-electron chi connectivity index (χ3n) is 4.53. The standard InChI is InChI=1S/C18H21BrN2O3S.C2H2O4/c1-24-17-6-8-18(9-7-17)25(22,23)21-12-10-20(11-13-21)14-15-2-4-16(19)5-3-15;3-1(4)2(5)6/h2-9H,10-14H2,1H3;(H,3,4)(H,5,6). The Kier molecular flexibility index (Phi) is 8.99. The monoisotopic (exact) mass is 514 g/mol. The molecule has 0 atom stereocenters. The van der Waals surface area contributed by atoms with Gasteiger partial charge in [0.15, 0.2) is 0 Å². The van der Waals surface area contributed by atoms with Crippen molar-refractivity contribution in [1.82, 2.24) is 9.21 Å². The van der Waals surface area contributed by atoms with E-state index in [2.05, 4.69) is 33.0 Å². The van der Waals surface area contributed by atoms with Gasteiger partial charge >= 0.3 is 11.9 Å². The molecule has 0 bridgehead atoms. The first-order valence-electron chi connectivity index (χ1n) is 9.20. The Morgan fingerprint density at radius 1 is 0.935 bits per heavy atom. The molecule has 1 heterocycles. The summed E-state index contributed by atoms with van der Waals surface area (Å²) in [5.74, 6) is -3.00. The van der Waals surface area contributed by atoms with E-state index < -0.39 is 22.0 Å². The molecule has 1 saturated heterocycles. The Labute approximate surface area is 189 Å². The summed E-state index contributed by atoms with van der Waals surface area (Å²) >= 11 is 3.44. The van der Waals surface area contributed by atoms with Crippen LogP contribution in [0.5, 0.6) is 5.75 Å². The van der Waals surface area contributed by atoms with Gasteiger partial charge in [0.2, 0.25) is 10.0 Å². The molecule has 1 aliphatic rings. The first kappa shape index (κ1) is 24.8. The summed E-state index contributed by atoms with van der Waals surface area (Å²) < 4.78 is 33.2. The van der Waals surface area contributed by atoms with E-state index in [1.807, 2.05) is 12.1 Å². The number of rotatable bonds is 5. The molecular weight excluding hydrogens is 492 g/mol. The maximum atomic E-state index is 12.8. The van der Waals surface area contributed by atoms with Crippen molar-refractivity contribution in [3.05, 3.63) is 58.6 Å². The molecule has 0 radical (unpaired) electrons. The smallest absolute Gasteiger partial charge is 0.414 e. The number of piperazine rings is 1. The van der Waals surface area contributed by atoms with E-state index in [9.17, 15) is 8.42 Å². The van der Waals surface area contributed by atoms with Gasteiger partial charge in [-0.1, -0.05) is 28.1 Å². The van der Waals surface area contributed by atoms with Crippen LogP contribution in [0.3, 0.4) is 0 Å². The van der Waals surface area contributed by atoms with Gasteiger partial charge in [0.05, 0.1) is 12.0 Å². The molecular formula is C20H23BrN2O7S. The number of hydrogen-bond acceptors (Lipinski definition) is 6. The van der Waals surface area contributed by atoms with Crippen LogP contribution in [-0.4, -0.2) is 73.1 Å². The highest BCUT2D eigenvalue weighted by Crippen LogP contribution is 2.21. The highest BCUT2D eigenvalue weighted by atomic mass is 79.9. The fourth-order valence-electron chi connectivity index (χ4n) is 2.87. The molecule has 2 aromatic rings. The van der Waals surface area contributed by atoms with E-state index in [-0.39, 0.29) is 0 Å². The lowest BCUT2D eigenvalue weighted by Crippen LogP contribution is -2.48. The number of methoxy groups -OCH3 is 1. The molecule has 1 fully saturated rings. The maximum absolute atomic E-state index is 12.8. The predicted octanol–water partition coefficient (Wildman–Crippen LogP) is 2.12. The Balaban J connectivity index is 0.000000501. The van der Waals surface area contributed by atoms with Crippen molar-refractivity contribution in [3.8, 4) is 5.75 Å². The van der Waals surface area contributed by atoms with Crippen LogP contribution in [0.1, 0.15) is 5.56 Å². The Hall–Kier alpha value is -2.47. The van der Waals surface area contributed by atoms with Gasteiger partial charge in [0, 0.05) is 37.2 Å². The van der Waals surface area contributed by atoms with Gasteiger partial charge in [-0.05, 0) is 42.0 Å². The van der Waals surface area contributed by atoms with Crippen molar-refractivity contribution >= 4 is 37.9 Å². The lowest BCUT2D eigenvalue weighted by molar-refractivity contribution is -0.159. The fraction of sp³-hybridized carbons (Fsp3) is 0.300. The first-order valence-corrected chi connectivity index (χ1v) is 11.4. The number of aliphatic carboxylic acids is 2. The highest BCUT2D eigenvalue weighted by molar-refractivity contribution is 9.10. The van der Waals surface area contributed by atoms with Crippen LogP contribution in [0.25, 0.3) is 0 Å². The van der Waals surface area contributed by atoms with E-state index in [1.165, 1.54) is 5.56 Å². The van der Waals surface area contributed by atoms with Crippen LogP contribution >= 0.6 is 15.9 Å². The van der Waals surface area contributed by atoms with Crippen molar-refractivity contribution in [1.29, 1.82) is 0 Å². The average Bonchev–Trinajstić information content (AvgIpc) is 2.76. The highest BCUT2D eigenvalue weighted by Gasteiger charge is 2.28. The van der Waals surface area contributed by atoms with Gasteiger partial charge in [-0.3, -0.25) is 4.90 Å². The van der Waals surface area contributed by atoms with Crippen molar-refractivity contribution < 1.29 is 33.0 Å². The van der Waals surface area contributed by atoms with Gasteiger partial charge in [-0.25, -0.2) is 18.0 Å². The molecule has 0 amide bonds. The zero-order valence-corrected chi connectivity index (χ0v) is 19.2. The van der Waals surface area contributed by atoms with E-state index in [0.717, 1.165) is 24.1 Å². The lowest BCUT2D eigenvalue weighted by atomic mass is 10.2. The van der Waals surface area contributed by atoms with Crippen molar-refractivity contribution in [2.45, 2.75) is 11.4 Å². The van der Waals surface area contributed by atoms with Gasteiger partial charge in [0.25, 0.3) is 0 Å². The summed E-state index contributed by atoms with van der Waals surface area (Å²) in [6.07, 6.45) is 0. The minimum absolute atomic E-state index is 0.314. The zero-order chi connectivity index (χ0) is 23.0. The fourth-order valence-corrected chi connectivity index (χ4v) is 4.56. The molecule has 31 heavy (non-hydrogen) atoms. The number of carboxylic acids is 2. The first-order chi connectivity index (χ1) is 14.6. The normalized spacial score (nSPS) is 14.9. The van der Waals surface area contributed by atoms with Crippen LogP contribution in [0, 0.1) is 0 Å². The molecule has 2 N–H and O–H groups in total. The molecule has 0 aromatic heterocycles. The second-order valence-electron chi connectivity index (χ2n) is 6.59. The number of halogens is 1. The SMILES string of the molecule is COc1ccc(S(=O)(=O)N2CCN(Cc3ccc(Br)cc3)CC2)cc1.O=C(O)C(=O)O. The van der Waals surface area contributed by atoms with Crippen molar-refractivity contribution in [2.24, 2.45) is 0 Å². The van der Waals surface area contributed by atoms with Crippen LogP contribution in [0.2, 0.25) is 0 Å². The molecule has 1 aliphatic heterocycles. The summed E-state index contributed by atoms with van der Waals surface area (Å²) in [6.45, 7) is 3.30. The number of carbonyl (C=O) groups is 2. The number of nitrogens with zero attached hydrogens (tertiary/aromatic N) is 2. The van der Waals surface area contributed by atoms with E-state index >= 15 is 0 Å². The lowest BCUT2D eigenvalue weighted by Gasteiger charge is -2.34. The van der Waals surface area contributed by atoms with Gasteiger partial charge < -0.3 is 14.9 Å². The van der Waals surface area contributed by atoms with E-state index in [0.29, 0.717) is 23.7 Å². The largest absolute Gasteiger partial charge is 0.497 e. The van der Waals surface area contributed by atoms with Crippen LogP contribution in [0.4, 0.5) is 0 Å². The van der Waals surface area contributed by atoms with Gasteiger partial charge in [-0.2, -0.15) is 4.31 Å². The van der Waals surface area contributed by atoms with Gasteiger partial charge in [0.1, 0.15) is 5.75 Å². The summed E-state index contributed by atoms with van der Waals surface area (Å²) in [4.78, 5) is 20.8. The maximum Gasteiger partial charge on any atom is 0.414 e. The Morgan fingerprint density at radius 3 is 1.90 bits per heavy atom. The molecule has 0 saturated carbocycles. The second kappa shape index (κ2) is 11.2. The quantitative estimate of drug-likeness (QED) is 0.581. The predicted molar refractivity (Wildman–Crippen MR) is 116 cm³/mol. The summed E-state index contributed by atoms with van der Waals surface area (Å²) in [5.41, 5.74) is 1.23. The molecule has 2 aromatic carbocycles. The summed E-state index contributed by atoms with van der Waals surface area (Å²) in [7, 11) is -1.88. The minimum atomic E-state index is -3.44. The van der Waals surface area contributed by atoms with E-state index in [1.54, 1.807) is 35.7 Å². The molecule has 0 spiro atoms. The molecule has 0 aliphatic carbocycles. The molecule has 9 nitrogen and oxygen atoms in total. The average molecular weight is 515 g/mol.